The highest BCUT2D eigenvalue weighted by atomic mass is 19.3. The van der Waals surface area contributed by atoms with Gasteiger partial charge < -0.3 is 123 Å². The molecule has 5 aliphatic carbocycles. The zero-order chi connectivity index (χ0) is 75.3. The summed E-state index contributed by atoms with van der Waals surface area (Å²) in [6.45, 7) is 17.8. The van der Waals surface area contributed by atoms with E-state index in [-0.39, 0.29) is 60.7 Å². The van der Waals surface area contributed by atoms with Gasteiger partial charge in [0.25, 0.3) is 5.79 Å². The van der Waals surface area contributed by atoms with Gasteiger partial charge in [0, 0.05) is 20.0 Å². The molecule has 0 amide bonds. The lowest BCUT2D eigenvalue weighted by Crippen LogP contribution is -2.70. The first-order chi connectivity index (χ1) is 47.9. The second kappa shape index (κ2) is 32.7. The molecule has 0 aromatic rings. The van der Waals surface area contributed by atoms with E-state index in [0.29, 0.717) is 70.6 Å². The van der Waals surface area contributed by atoms with Crippen molar-refractivity contribution in [2.24, 2.45) is 62.6 Å². The molecule has 0 aromatic carbocycles. The summed E-state index contributed by atoms with van der Waals surface area (Å²) in [7, 11) is 1.30. The number of halogens is 1. The number of carbonyl (C=O) groups is 5. The average Bonchev–Trinajstić information content (AvgIpc) is 0.688. The highest BCUT2D eigenvalue weighted by Gasteiger charge is 2.69. The van der Waals surface area contributed by atoms with Gasteiger partial charge in [-0.15, -0.1) is 0 Å². The van der Waals surface area contributed by atoms with Crippen LogP contribution >= 0.6 is 0 Å². The summed E-state index contributed by atoms with van der Waals surface area (Å²) in [6, 6.07) is 0. The fourth-order valence-electron chi connectivity index (χ4n) is 18.9. The maximum Gasteiger partial charge on any atom is 0.335 e. The van der Waals surface area contributed by atoms with Crippen LogP contribution in [0.15, 0.2) is 11.6 Å². The summed E-state index contributed by atoms with van der Waals surface area (Å²) >= 11 is 0. The number of carboxylic acids is 1. The minimum Gasteiger partial charge on any atom is -0.479 e. The molecule has 8 fully saturated rings. The second-order valence-corrected chi connectivity index (χ2v) is 32.4. The topological polar surface area (TPSA) is 459 Å². The molecule has 34 atom stereocenters. The second-order valence-electron chi connectivity index (χ2n) is 32.4. The molecule has 0 spiro atoms. The Morgan fingerprint density at radius 3 is 2.00 bits per heavy atom. The predicted molar refractivity (Wildman–Crippen MR) is 347 cm³/mol. The SMILES string of the molecule is CC[C@H](C)[C@H](C[C@H](O)CC(=O)O[C@@H]1[C@H](O)[C@@H](OC)[C@H](OC(=O)[C@@]23CCC4C(=CC[C@@H]5[C@@]6(C)CC[C@H](O[C@@H]7O[C@H](C(=O)O)[C@@H](O)[C@H](O[C@@H]8OC[C@@H](O)[C@H](O)[C@@]8(O)OF)[C@H]7O[C@@H]7O[C@H](CO)[C@H](O)[C@H](O)[C@H]7O)[C@@](C)(C=O)[C@@H]6CC[C@@]45C)[C@@H]2CC(C)(C)CC3)O[C@@H]1C)OC(=O)C[C@@H](O)C[C@H](O)[C@@H](C)CC. The first-order valence-electron chi connectivity index (χ1n) is 36.4. The van der Waals surface area contributed by atoms with Gasteiger partial charge in [0.1, 0.15) is 79.5 Å². The molecule has 0 radical (unpaired) electrons. The lowest BCUT2D eigenvalue weighted by Gasteiger charge is -2.68. The molecule has 4 saturated heterocycles. The number of allylic oxidation sites excluding steroid dienone is 2. The number of methoxy groups -OCH3 is 1. The number of hydrogen-bond acceptors (Lipinski definition) is 29. The van der Waals surface area contributed by atoms with Gasteiger partial charge in [0.2, 0.25) is 12.6 Å². The third-order valence-corrected chi connectivity index (χ3v) is 25.5. The van der Waals surface area contributed by atoms with E-state index in [2.05, 4.69) is 38.7 Å². The number of carbonyl (C=O) groups excluding carboxylic acids is 4. The molecule has 31 heteroatoms. The van der Waals surface area contributed by atoms with Crippen molar-refractivity contribution in [2.45, 2.75) is 319 Å². The average molecular weight is 1470 g/mol. The van der Waals surface area contributed by atoms with Crippen molar-refractivity contribution in [3.05, 3.63) is 11.6 Å². The van der Waals surface area contributed by atoms with Gasteiger partial charge in [-0.3, -0.25) is 14.4 Å². The van der Waals surface area contributed by atoms with E-state index in [9.17, 15) is 90.1 Å². The highest BCUT2D eigenvalue weighted by Crippen LogP contribution is 2.72. The van der Waals surface area contributed by atoms with Crippen LogP contribution in [-0.2, 0) is 81.0 Å². The van der Waals surface area contributed by atoms with Crippen LogP contribution in [0.2, 0.25) is 0 Å². The Balaban J connectivity index is 0.904. The van der Waals surface area contributed by atoms with Crippen molar-refractivity contribution in [3.8, 4) is 0 Å². The zero-order valence-corrected chi connectivity index (χ0v) is 60.3. The van der Waals surface area contributed by atoms with E-state index in [0.717, 1.165) is 11.9 Å². The predicted octanol–water partition coefficient (Wildman–Crippen LogP) is 1.59. The number of aliphatic carboxylic acids is 1. The Bertz CT molecular complexity index is 2910. The van der Waals surface area contributed by atoms with Crippen LogP contribution in [0.25, 0.3) is 0 Å². The Labute approximate surface area is 593 Å². The first kappa shape index (κ1) is 82.4. The smallest absolute Gasteiger partial charge is 0.335 e. The lowest BCUT2D eigenvalue weighted by molar-refractivity contribution is -0.468. The fourth-order valence-corrected chi connectivity index (χ4v) is 18.9. The molecule has 0 aromatic heterocycles. The maximum atomic E-state index is 15.4. The molecule has 584 valence electrons. The number of aldehydes is 1. The zero-order valence-electron chi connectivity index (χ0n) is 60.3. The monoisotopic (exact) mass is 1460 g/mol. The molecule has 1 unspecified atom stereocenters. The number of carboxylic acid groups (broad SMARTS) is 1. The first-order valence-corrected chi connectivity index (χ1v) is 36.4. The van der Waals surface area contributed by atoms with Gasteiger partial charge >= 0.3 is 23.9 Å². The molecule has 102 heavy (non-hydrogen) atoms. The number of rotatable bonds is 27. The molecule has 13 N–H and O–H groups in total. The van der Waals surface area contributed by atoms with Crippen LogP contribution in [0.1, 0.15) is 172 Å². The Morgan fingerprint density at radius 1 is 0.696 bits per heavy atom. The van der Waals surface area contributed by atoms with Gasteiger partial charge in [0.15, 0.2) is 24.8 Å². The van der Waals surface area contributed by atoms with Gasteiger partial charge in [-0.2, -0.15) is 4.94 Å². The number of esters is 3. The summed E-state index contributed by atoms with van der Waals surface area (Å²) < 4.78 is 80.0. The highest BCUT2D eigenvalue weighted by molar-refractivity contribution is 5.79. The van der Waals surface area contributed by atoms with Gasteiger partial charge in [-0.25, -0.2) is 4.79 Å². The number of hydrogen-bond donors (Lipinski definition) is 13. The lowest BCUT2D eigenvalue weighted by atomic mass is 9.37. The third kappa shape index (κ3) is 16.0. The molecule has 4 heterocycles. The van der Waals surface area contributed by atoms with Crippen molar-refractivity contribution in [1.29, 1.82) is 0 Å². The third-order valence-electron chi connectivity index (χ3n) is 25.5. The van der Waals surface area contributed by atoms with Crippen molar-refractivity contribution in [2.75, 3.05) is 20.3 Å². The van der Waals surface area contributed by atoms with Crippen LogP contribution in [0.4, 0.5) is 4.53 Å². The van der Waals surface area contributed by atoms with Gasteiger partial charge in [-0.1, -0.05) is 86.8 Å². The van der Waals surface area contributed by atoms with Crippen LogP contribution in [0.3, 0.4) is 0 Å². The molecular formula is C71H113FO30. The van der Waals surface area contributed by atoms with E-state index in [1.165, 1.54) is 7.11 Å². The Kier molecular flexibility index (Phi) is 26.4. The van der Waals surface area contributed by atoms with Gasteiger partial charge in [-0.05, 0) is 127 Å². The number of fused-ring (bicyclic) bond motifs is 7. The molecule has 30 nitrogen and oxygen atoms in total. The van der Waals surface area contributed by atoms with Crippen LogP contribution in [-0.4, -0.2) is 264 Å². The number of aliphatic hydroxyl groups excluding tert-OH is 11. The number of aliphatic hydroxyl groups is 12. The summed E-state index contributed by atoms with van der Waals surface area (Å²) in [6.07, 6.45) is -31.3. The minimum absolute atomic E-state index is 0.0142. The van der Waals surface area contributed by atoms with E-state index in [1.807, 2.05) is 27.7 Å². The summed E-state index contributed by atoms with van der Waals surface area (Å²) in [5, 5.41) is 141. The normalized spacial score (nSPS) is 45.2. The molecule has 4 aliphatic heterocycles. The van der Waals surface area contributed by atoms with E-state index in [1.54, 1.807) is 13.8 Å². The van der Waals surface area contributed by atoms with E-state index >= 15 is 4.79 Å². The maximum absolute atomic E-state index is 15.4. The van der Waals surface area contributed by atoms with Crippen molar-refractivity contribution < 1.29 is 152 Å². The minimum atomic E-state index is -3.53. The molecule has 9 aliphatic rings. The number of ether oxygens (including phenoxy) is 11. The van der Waals surface area contributed by atoms with Crippen molar-refractivity contribution in [3.63, 3.8) is 0 Å². The van der Waals surface area contributed by atoms with Crippen LogP contribution in [0, 0.1) is 62.6 Å². The fraction of sp³-hybridized carbons (Fsp3) is 0.901. The van der Waals surface area contributed by atoms with Crippen molar-refractivity contribution in [1.82, 2.24) is 0 Å². The molecule has 4 saturated carbocycles. The molecule has 0 bridgehead atoms. The Hall–Kier alpha value is -3.62. The van der Waals surface area contributed by atoms with Crippen LogP contribution in [0.5, 0.6) is 0 Å². The van der Waals surface area contributed by atoms with Crippen LogP contribution < -0.4 is 0 Å². The largest absolute Gasteiger partial charge is 0.479 e. The molecule has 9 rings (SSSR count). The van der Waals surface area contributed by atoms with Gasteiger partial charge in [0.05, 0.1) is 67.4 Å². The molecular weight excluding hydrogens is 1350 g/mol. The quantitative estimate of drug-likeness (QED) is 0.0139. The summed E-state index contributed by atoms with van der Waals surface area (Å²) in [4.78, 5) is 72.7. The van der Waals surface area contributed by atoms with E-state index < -0.39 is 218 Å². The summed E-state index contributed by atoms with van der Waals surface area (Å²) in [5.74, 6) is -8.60. The summed E-state index contributed by atoms with van der Waals surface area (Å²) in [5.41, 5.74) is -2.48. The Morgan fingerprint density at radius 2 is 1.36 bits per heavy atom. The van der Waals surface area contributed by atoms with Crippen molar-refractivity contribution >= 4 is 30.2 Å². The van der Waals surface area contributed by atoms with E-state index in [4.69, 9.17) is 52.1 Å². The standard InChI is InChI=1S/C71H113FO30/c1-12-32(3)40(77)24-35(75)26-47(79)94-42(33(4)13-2)25-36(76)27-48(80)97-54-34(5)93-62(57(91-11)52(54)84)101-64(89)70-21-16-38-37(39(70)28-66(6,7)22-23-70)14-15-44-67(38,8)19-17-45-68(44,9)20-18-46(69(45,10)31-74)96-63-58(99-61-51(83)50(82)49(81)43(29-73)95-61)55(53(85)56(98-63)60(87)88)100-65-71(90,102-72)59(86)41(78)30-92-65/h14,31-36,38-46,49-59,61-63,65,73,75-78,81-86,90H,12-13,15-30H2,1-11H3,(H,87,88)/t32-,33-,34+,35-,36-,38?,39-,40-,41+,42-,43+,44-,45+,46-,49-,50-,51+,52-,53-,54-,55-,56-,57+,58+,59-,61-,62-,63+,65-,67-,68+,69-,70+,71+/m0/s1.